The van der Waals surface area contributed by atoms with Gasteiger partial charge in [0.05, 0.1) is 0 Å². The number of anilines is 1. The van der Waals surface area contributed by atoms with Gasteiger partial charge in [0.1, 0.15) is 5.69 Å². The van der Waals surface area contributed by atoms with E-state index < -0.39 is 41.4 Å². The first kappa shape index (κ1) is 20.5. The largest absolute Gasteiger partial charge is 0.456 e. The number of H-pyrrole nitrogens is 1. The molecule has 148 valence electrons. The summed E-state index contributed by atoms with van der Waals surface area (Å²) in [6.45, 7) is 4.98. The van der Waals surface area contributed by atoms with Crippen molar-refractivity contribution in [3.8, 4) is 0 Å². The molecule has 0 spiro atoms. The van der Waals surface area contributed by atoms with E-state index in [1.165, 1.54) is 0 Å². The van der Waals surface area contributed by atoms with Gasteiger partial charge in [0.2, 0.25) is 0 Å². The number of carbonyl (C=O) groups is 1. The molecule has 0 radical (unpaired) electrons. The quantitative estimate of drug-likeness (QED) is 0.315. The van der Waals surface area contributed by atoms with E-state index in [-0.39, 0.29) is 12.1 Å². The minimum absolute atomic E-state index is 0.00896. The molecule has 0 aromatic carbocycles. The van der Waals surface area contributed by atoms with Crippen molar-refractivity contribution in [2.45, 2.75) is 57.8 Å². The standard InChI is InChI=1S/C15H21FN6O5/c1-4-6-18-9-7-22(14(25)19-12(9)24)13-10(16)11(26-8(3)23)15(5-2,27-13)20-21-17/h7,10-11,13,18H,4-6H2,1-3H3,(H,19,24,25)/t10-,11-,13+,15+/m0/s1. The monoisotopic (exact) mass is 384 g/mol. The summed E-state index contributed by atoms with van der Waals surface area (Å²) in [6.07, 6.45) is -3.29. The molecule has 1 saturated heterocycles. The fourth-order valence-electron chi connectivity index (χ4n) is 2.86. The maximum atomic E-state index is 15.1. The van der Waals surface area contributed by atoms with Gasteiger partial charge in [-0.1, -0.05) is 19.0 Å². The van der Waals surface area contributed by atoms with Crippen molar-refractivity contribution in [2.75, 3.05) is 11.9 Å². The van der Waals surface area contributed by atoms with Crippen molar-refractivity contribution in [2.24, 2.45) is 5.11 Å². The molecule has 2 heterocycles. The summed E-state index contributed by atoms with van der Waals surface area (Å²) in [4.78, 5) is 40.2. The molecule has 2 rings (SSSR count). The number of halogens is 1. The fourth-order valence-corrected chi connectivity index (χ4v) is 2.86. The molecule has 12 heteroatoms. The van der Waals surface area contributed by atoms with Crippen LogP contribution in [0.25, 0.3) is 10.4 Å². The molecule has 1 aromatic rings. The Bertz CT molecular complexity index is 863. The highest BCUT2D eigenvalue weighted by Crippen LogP contribution is 2.43. The highest BCUT2D eigenvalue weighted by Gasteiger charge is 2.58. The fraction of sp³-hybridized carbons (Fsp3) is 0.667. The first-order valence-electron chi connectivity index (χ1n) is 8.44. The molecule has 0 amide bonds. The third kappa shape index (κ3) is 3.96. The van der Waals surface area contributed by atoms with Gasteiger partial charge in [0.15, 0.2) is 24.2 Å². The second-order valence-electron chi connectivity index (χ2n) is 6.01. The smallest absolute Gasteiger partial charge is 0.330 e. The minimum Gasteiger partial charge on any atom is -0.456 e. The molecule has 1 aliphatic rings. The van der Waals surface area contributed by atoms with Crippen molar-refractivity contribution in [3.05, 3.63) is 37.5 Å². The van der Waals surface area contributed by atoms with E-state index in [1.54, 1.807) is 6.92 Å². The van der Waals surface area contributed by atoms with Gasteiger partial charge in [-0.05, 0) is 18.4 Å². The predicted molar refractivity (Wildman–Crippen MR) is 92.8 cm³/mol. The van der Waals surface area contributed by atoms with Crippen LogP contribution in [0, 0.1) is 0 Å². The van der Waals surface area contributed by atoms with Crippen molar-refractivity contribution in [1.82, 2.24) is 9.55 Å². The van der Waals surface area contributed by atoms with E-state index in [0.717, 1.165) is 17.7 Å². The molecule has 0 unspecified atom stereocenters. The summed E-state index contributed by atoms with van der Waals surface area (Å²) in [7, 11) is 0. The first-order valence-corrected chi connectivity index (χ1v) is 8.44. The number of nitrogens with zero attached hydrogens (tertiary/aromatic N) is 4. The summed E-state index contributed by atoms with van der Waals surface area (Å²) in [5, 5.41) is 6.31. The van der Waals surface area contributed by atoms with Gasteiger partial charge in [-0.2, -0.15) is 0 Å². The molecular formula is C15H21FN6O5. The van der Waals surface area contributed by atoms with E-state index in [4.69, 9.17) is 15.0 Å². The van der Waals surface area contributed by atoms with Crippen LogP contribution >= 0.6 is 0 Å². The zero-order valence-electron chi connectivity index (χ0n) is 15.1. The average Bonchev–Trinajstić information content (AvgIpc) is 2.87. The number of aromatic amines is 1. The van der Waals surface area contributed by atoms with Gasteiger partial charge in [-0.25, -0.2) is 9.18 Å². The van der Waals surface area contributed by atoms with E-state index in [1.807, 2.05) is 6.92 Å². The predicted octanol–water partition coefficient (Wildman–Crippen LogP) is 1.57. The Morgan fingerprint density at radius 3 is 2.81 bits per heavy atom. The number of hydrogen-bond acceptors (Lipinski definition) is 7. The third-order valence-corrected chi connectivity index (χ3v) is 4.15. The van der Waals surface area contributed by atoms with Crippen LogP contribution < -0.4 is 16.6 Å². The average molecular weight is 384 g/mol. The van der Waals surface area contributed by atoms with Crippen LogP contribution in [0.4, 0.5) is 10.1 Å². The number of nitrogens with one attached hydrogen (secondary N) is 2. The van der Waals surface area contributed by atoms with Crippen molar-refractivity contribution in [1.29, 1.82) is 0 Å². The maximum Gasteiger partial charge on any atom is 0.330 e. The summed E-state index contributed by atoms with van der Waals surface area (Å²) in [6, 6.07) is 0. The second kappa shape index (κ2) is 8.23. The SMILES string of the molecule is CCCNc1cn([C@@H]2O[C@@](CC)(N=[N+]=[N-])[C@@H](OC(C)=O)[C@@H]2F)c(=O)[nH]c1=O. The maximum absolute atomic E-state index is 15.1. The van der Waals surface area contributed by atoms with E-state index in [2.05, 4.69) is 20.3 Å². The Hall–Kier alpha value is -2.85. The van der Waals surface area contributed by atoms with Gasteiger partial charge in [0, 0.05) is 24.6 Å². The molecule has 0 saturated carbocycles. The molecule has 2 N–H and O–H groups in total. The molecule has 0 aliphatic carbocycles. The lowest BCUT2D eigenvalue weighted by molar-refractivity contribution is -0.160. The number of aromatic nitrogens is 2. The van der Waals surface area contributed by atoms with E-state index in [9.17, 15) is 14.4 Å². The Kier molecular flexibility index (Phi) is 6.24. The van der Waals surface area contributed by atoms with Gasteiger partial charge < -0.3 is 14.8 Å². The molecule has 1 aromatic heterocycles. The molecule has 1 aliphatic heterocycles. The van der Waals surface area contributed by atoms with Crippen LogP contribution in [0.3, 0.4) is 0 Å². The summed E-state index contributed by atoms with van der Waals surface area (Å²) < 4.78 is 26.5. The lowest BCUT2D eigenvalue weighted by atomic mass is 10.0. The molecule has 11 nitrogen and oxygen atoms in total. The number of alkyl halides is 1. The summed E-state index contributed by atoms with van der Waals surface area (Å²) in [5.74, 6) is -0.794. The van der Waals surface area contributed by atoms with Crippen molar-refractivity contribution in [3.63, 3.8) is 0 Å². The van der Waals surface area contributed by atoms with Gasteiger partial charge in [0.25, 0.3) is 5.56 Å². The summed E-state index contributed by atoms with van der Waals surface area (Å²) >= 11 is 0. The van der Waals surface area contributed by atoms with Gasteiger partial charge in [-0.3, -0.25) is 19.1 Å². The molecular weight excluding hydrogens is 363 g/mol. The molecule has 4 atom stereocenters. The zero-order valence-corrected chi connectivity index (χ0v) is 15.1. The van der Waals surface area contributed by atoms with E-state index >= 15 is 4.39 Å². The van der Waals surface area contributed by atoms with Crippen LogP contribution in [0.15, 0.2) is 20.9 Å². The van der Waals surface area contributed by atoms with E-state index in [0.29, 0.717) is 13.0 Å². The number of esters is 1. The molecule has 1 fully saturated rings. The van der Waals surface area contributed by atoms with Crippen LogP contribution in [-0.2, 0) is 14.3 Å². The van der Waals surface area contributed by atoms with Crippen LogP contribution in [-0.4, -0.2) is 40.1 Å². The third-order valence-electron chi connectivity index (χ3n) is 4.15. The number of carbonyl (C=O) groups excluding carboxylic acids is 1. The Balaban J connectivity index is 2.52. The highest BCUT2D eigenvalue weighted by atomic mass is 19.1. The first-order chi connectivity index (χ1) is 12.8. The second-order valence-corrected chi connectivity index (χ2v) is 6.01. The highest BCUT2D eigenvalue weighted by molar-refractivity contribution is 5.66. The Morgan fingerprint density at radius 1 is 1.56 bits per heavy atom. The molecule has 27 heavy (non-hydrogen) atoms. The summed E-state index contributed by atoms with van der Waals surface area (Å²) in [5.41, 5.74) is 5.49. The lowest BCUT2D eigenvalue weighted by Crippen LogP contribution is -2.42. The minimum atomic E-state index is -2.01. The van der Waals surface area contributed by atoms with Crippen LogP contribution in [0.5, 0.6) is 0 Å². The lowest BCUT2D eigenvalue weighted by Gasteiger charge is -2.27. The zero-order chi connectivity index (χ0) is 20.2. The van der Waals surface area contributed by atoms with Crippen molar-refractivity contribution >= 4 is 11.7 Å². The van der Waals surface area contributed by atoms with Crippen molar-refractivity contribution < 1.29 is 18.7 Å². The topological polar surface area (TPSA) is 151 Å². The molecule has 0 bridgehead atoms. The Labute approximate surface area is 153 Å². The van der Waals surface area contributed by atoms with Crippen LogP contribution in [0.2, 0.25) is 0 Å². The van der Waals surface area contributed by atoms with Crippen LogP contribution in [0.1, 0.15) is 39.8 Å². The number of hydrogen-bond donors (Lipinski definition) is 2. The van der Waals surface area contributed by atoms with Gasteiger partial charge in [-0.15, -0.1) is 0 Å². The van der Waals surface area contributed by atoms with Gasteiger partial charge >= 0.3 is 11.7 Å². The number of azide groups is 1. The number of ether oxygens (including phenoxy) is 2. The normalized spacial score (nSPS) is 27.0. The Morgan fingerprint density at radius 2 is 2.26 bits per heavy atom. The number of rotatable bonds is 7.